The van der Waals surface area contributed by atoms with Crippen LogP contribution in [0.15, 0.2) is 0 Å². The minimum Gasteiger partial charge on any atom is -0.481 e. The van der Waals surface area contributed by atoms with Gasteiger partial charge in [-0.1, -0.05) is 48.5 Å². The van der Waals surface area contributed by atoms with Crippen LogP contribution < -0.4 is 0 Å². The fourth-order valence-electron chi connectivity index (χ4n) is 11.6. The summed E-state index contributed by atoms with van der Waals surface area (Å²) in [6.07, 6.45) is 11.8. The molecule has 5 aliphatic carbocycles. The number of carbonyl (C=O) groups is 1. The number of aliphatic carboxylic acids is 1. The van der Waals surface area contributed by atoms with Crippen LogP contribution >= 0.6 is 0 Å². The van der Waals surface area contributed by atoms with Crippen LogP contribution in [0.25, 0.3) is 0 Å². The fourth-order valence-corrected chi connectivity index (χ4v) is 11.6. The quantitative estimate of drug-likeness (QED) is 0.433. The molecule has 2 N–H and O–H groups in total. The van der Waals surface area contributed by atoms with E-state index >= 15 is 0 Å². The average Bonchev–Trinajstić information content (AvgIpc) is 2.70. The van der Waals surface area contributed by atoms with Gasteiger partial charge in [0.25, 0.3) is 0 Å². The first kappa shape index (κ1) is 24.1. The van der Waals surface area contributed by atoms with Crippen molar-refractivity contribution in [1.82, 2.24) is 0 Å². The Balaban J connectivity index is 1.54. The zero-order valence-electron chi connectivity index (χ0n) is 22.5. The number of hydrogen-bond donors (Lipinski definition) is 2. The zero-order chi connectivity index (χ0) is 24.2. The first-order valence-corrected chi connectivity index (χ1v) is 14.1. The highest BCUT2D eigenvalue weighted by molar-refractivity contribution is 5.75. The van der Waals surface area contributed by atoms with E-state index in [1.807, 2.05) is 0 Å². The molecule has 0 aromatic carbocycles. The lowest BCUT2D eigenvalue weighted by Gasteiger charge is -2.72. The van der Waals surface area contributed by atoms with Gasteiger partial charge in [-0.3, -0.25) is 4.79 Å². The second-order valence-corrected chi connectivity index (χ2v) is 15.5. The fraction of sp³-hybridized carbons (Fsp3) is 0.967. The molecule has 33 heavy (non-hydrogen) atoms. The van der Waals surface area contributed by atoms with E-state index in [1.165, 1.54) is 25.7 Å². The SMILES string of the molecule is CC1(C)CC[C@]2(C(=O)O)CC[C@H]3[C@]4(C)CC[C@H]5C(C)(C)[C@H](O)CC[C@]5(C)[C@H]4CC[C@@]3(C)[C@H]2C1. The van der Waals surface area contributed by atoms with Crippen LogP contribution in [-0.2, 0) is 4.79 Å². The van der Waals surface area contributed by atoms with E-state index in [1.54, 1.807) is 0 Å². The predicted molar refractivity (Wildman–Crippen MR) is 133 cm³/mol. The van der Waals surface area contributed by atoms with Crippen LogP contribution in [0.2, 0.25) is 0 Å². The summed E-state index contributed by atoms with van der Waals surface area (Å²) in [6.45, 7) is 17.1. The van der Waals surface area contributed by atoms with E-state index in [0.717, 1.165) is 44.9 Å². The van der Waals surface area contributed by atoms with E-state index in [4.69, 9.17) is 0 Å². The van der Waals surface area contributed by atoms with Crippen molar-refractivity contribution in [2.75, 3.05) is 0 Å². The standard InChI is InChI=1S/C30H50O3/c1-25(2)16-17-30(24(32)33)15-10-21-28(6)12-8-19-26(3,4)23(31)11-14-27(19,5)20(28)9-13-29(21,7)22(30)18-25/h19-23,31H,8-18H2,1-7H3,(H,32,33)/t19-,20+,21-,22+,23+,27-,28+,29+,30+/m0/s1. The van der Waals surface area contributed by atoms with Gasteiger partial charge in [-0.15, -0.1) is 0 Å². The summed E-state index contributed by atoms with van der Waals surface area (Å²) < 4.78 is 0. The molecule has 188 valence electrons. The molecular weight excluding hydrogens is 408 g/mol. The summed E-state index contributed by atoms with van der Waals surface area (Å²) in [7, 11) is 0. The molecule has 0 amide bonds. The molecule has 3 nitrogen and oxygen atoms in total. The van der Waals surface area contributed by atoms with Crippen molar-refractivity contribution in [2.45, 2.75) is 125 Å². The van der Waals surface area contributed by atoms with Crippen molar-refractivity contribution in [2.24, 2.45) is 56.2 Å². The molecule has 0 spiro atoms. The van der Waals surface area contributed by atoms with Crippen LogP contribution in [-0.4, -0.2) is 22.3 Å². The number of carboxylic acids is 1. The molecule has 0 unspecified atom stereocenters. The number of fused-ring (bicyclic) bond motifs is 7. The van der Waals surface area contributed by atoms with Crippen LogP contribution in [0.1, 0.15) is 119 Å². The molecule has 3 heteroatoms. The summed E-state index contributed by atoms with van der Waals surface area (Å²) in [5.41, 5.74) is 0.467. The Morgan fingerprint density at radius 3 is 1.73 bits per heavy atom. The molecule has 0 heterocycles. The summed E-state index contributed by atoms with van der Waals surface area (Å²) in [5.74, 6) is 1.71. The Labute approximate surface area is 202 Å². The average molecular weight is 459 g/mol. The molecule has 5 saturated carbocycles. The first-order valence-electron chi connectivity index (χ1n) is 14.1. The third-order valence-corrected chi connectivity index (χ3v) is 13.4. The molecule has 0 bridgehead atoms. The Morgan fingerprint density at radius 2 is 1.12 bits per heavy atom. The Bertz CT molecular complexity index is 830. The molecule has 0 saturated heterocycles. The van der Waals surface area contributed by atoms with Gasteiger partial charge in [0.1, 0.15) is 0 Å². The maximum Gasteiger partial charge on any atom is 0.309 e. The van der Waals surface area contributed by atoms with Crippen LogP contribution in [0.3, 0.4) is 0 Å². The maximum atomic E-state index is 12.8. The van der Waals surface area contributed by atoms with Crippen LogP contribution in [0.4, 0.5) is 0 Å². The van der Waals surface area contributed by atoms with Crippen LogP contribution in [0.5, 0.6) is 0 Å². The molecule has 0 aromatic heterocycles. The number of aliphatic hydroxyl groups is 1. The number of carboxylic acid groups (broad SMARTS) is 1. The van der Waals surface area contributed by atoms with Gasteiger partial charge >= 0.3 is 5.97 Å². The van der Waals surface area contributed by atoms with Crippen LogP contribution in [0, 0.1) is 56.2 Å². The van der Waals surface area contributed by atoms with Crippen molar-refractivity contribution in [3.05, 3.63) is 0 Å². The lowest BCUT2D eigenvalue weighted by Crippen LogP contribution is -2.67. The third-order valence-electron chi connectivity index (χ3n) is 13.4. The van der Waals surface area contributed by atoms with Crippen molar-refractivity contribution in [3.63, 3.8) is 0 Å². The van der Waals surface area contributed by atoms with Gasteiger partial charge in [0.15, 0.2) is 0 Å². The molecule has 5 aliphatic rings. The molecule has 5 rings (SSSR count). The second kappa shape index (κ2) is 7.01. The van der Waals surface area contributed by atoms with E-state index < -0.39 is 11.4 Å². The summed E-state index contributed by atoms with van der Waals surface area (Å²) >= 11 is 0. The topological polar surface area (TPSA) is 57.5 Å². The lowest BCUT2D eigenvalue weighted by atomic mass is 9.32. The van der Waals surface area contributed by atoms with Crippen molar-refractivity contribution >= 4 is 5.97 Å². The largest absolute Gasteiger partial charge is 0.481 e. The van der Waals surface area contributed by atoms with Crippen molar-refractivity contribution < 1.29 is 15.0 Å². The summed E-state index contributed by atoms with van der Waals surface area (Å²) in [5, 5.41) is 21.4. The third kappa shape index (κ3) is 2.99. The van der Waals surface area contributed by atoms with E-state index in [2.05, 4.69) is 48.5 Å². The minimum atomic E-state index is -0.506. The summed E-state index contributed by atoms with van der Waals surface area (Å²) in [6, 6.07) is 0. The van der Waals surface area contributed by atoms with Gasteiger partial charge in [-0.25, -0.2) is 0 Å². The van der Waals surface area contributed by atoms with Gasteiger partial charge < -0.3 is 10.2 Å². The Kier molecular flexibility index (Phi) is 5.13. The van der Waals surface area contributed by atoms with E-state index in [9.17, 15) is 15.0 Å². The van der Waals surface area contributed by atoms with Gasteiger partial charge in [-0.2, -0.15) is 0 Å². The Morgan fingerprint density at radius 1 is 0.636 bits per heavy atom. The van der Waals surface area contributed by atoms with Gasteiger partial charge in [-0.05, 0) is 121 Å². The highest BCUT2D eigenvalue weighted by atomic mass is 16.4. The van der Waals surface area contributed by atoms with Crippen molar-refractivity contribution in [3.8, 4) is 0 Å². The molecule has 0 aromatic rings. The second-order valence-electron chi connectivity index (χ2n) is 15.5. The molecule has 9 atom stereocenters. The van der Waals surface area contributed by atoms with Gasteiger partial charge in [0, 0.05) is 0 Å². The number of rotatable bonds is 1. The molecule has 5 fully saturated rings. The van der Waals surface area contributed by atoms with E-state index in [0.29, 0.717) is 34.5 Å². The van der Waals surface area contributed by atoms with Gasteiger partial charge in [0.2, 0.25) is 0 Å². The minimum absolute atomic E-state index is 0.00645. The number of aliphatic hydroxyl groups excluding tert-OH is 1. The molecule has 0 radical (unpaired) electrons. The maximum absolute atomic E-state index is 12.8. The number of hydrogen-bond acceptors (Lipinski definition) is 2. The highest BCUT2D eigenvalue weighted by Crippen LogP contribution is 2.76. The normalized spacial score (nSPS) is 54.8. The van der Waals surface area contributed by atoms with Gasteiger partial charge in [0.05, 0.1) is 11.5 Å². The lowest BCUT2D eigenvalue weighted by molar-refractivity contribution is -0.248. The monoisotopic (exact) mass is 458 g/mol. The zero-order valence-corrected chi connectivity index (χ0v) is 22.5. The van der Waals surface area contributed by atoms with E-state index in [-0.39, 0.29) is 22.3 Å². The molecular formula is C30H50O3. The molecule has 0 aliphatic heterocycles. The predicted octanol–water partition coefficient (Wildman–Crippen LogP) is 7.31. The highest BCUT2D eigenvalue weighted by Gasteiger charge is 2.70. The van der Waals surface area contributed by atoms with Crippen molar-refractivity contribution in [1.29, 1.82) is 0 Å². The smallest absolute Gasteiger partial charge is 0.309 e. The summed E-state index contributed by atoms with van der Waals surface area (Å²) in [4.78, 5) is 12.8. The Hall–Kier alpha value is -0.570. The first-order chi connectivity index (χ1) is 15.1.